The fourth-order valence-electron chi connectivity index (χ4n) is 1.99. The van der Waals surface area contributed by atoms with Crippen LogP contribution in [-0.2, 0) is 13.1 Å². The number of aromatic nitrogens is 2. The predicted octanol–water partition coefficient (Wildman–Crippen LogP) is 1.72. The van der Waals surface area contributed by atoms with Crippen LogP contribution in [0.25, 0.3) is 0 Å². The van der Waals surface area contributed by atoms with Crippen molar-refractivity contribution in [1.82, 2.24) is 14.7 Å². The number of aliphatic hydroxyl groups is 1. The minimum atomic E-state index is 0.141. The first-order chi connectivity index (χ1) is 8.01. The first-order valence-electron chi connectivity index (χ1n) is 6.35. The highest BCUT2D eigenvalue weighted by Gasteiger charge is 2.15. The molecule has 0 saturated carbocycles. The summed E-state index contributed by atoms with van der Waals surface area (Å²) in [7, 11) is 2.15. The van der Waals surface area contributed by atoms with E-state index in [0.29, 0.717) is 12.6 Å². The Morgan fingerprint density at radius 2 is 2.06 bits per heavy atom. The van der Waals surface area contributed by atoms with Gasteiger partial charge in [-0.15, -0.1) is 0 Å². The van der Waals surface area contributed by atoms with E-state index in [9.17, 15) is 0 Å². The van der Waals surface area contributed by atoms with Crippen molar-refractivity contribution in [3.8, 4) is 0 Å². The molecule has 4 heteroatoms. The van der Waals surface area contributed by atoms with E-state index in [1.807, 2.05) is 11.6 Å². The van der Waals surface area contributed by atoms with E-state index in [4.69, 9.17) is 5.11 Å². The number of hydrogen-bond donors (Lipinski definition) is 1. The molecule has 0 radical (unpaired) electrons. The lowest BCUT2D eigenvalue weighted by Crippen LogP contribution is -2.28. The van der Waals surface area contributed by atoms with Crippen LogP contribution in [0.15, 0.2) is 0 Å². The largest absolute Gasteiger partial charge is 0.394 e. The summed E-state index contributed by atoms with van der Waals surface area (Å²) in [5, 5.41) is 13.4. The summed E-state index contributed by atoms with van der Waals surface area (Å²) in [5.74, 6) is 0. The lowest BCUT2D eigenvalue weighted by Gasteiger charge is -2.23. The molecule has 4 nitrogen and oxygen atoms in total. The number of rotatable bonds is 6. The third-order valence-corrected chi connectivity index (χ3v) is 3.59. The maximum absolute atomic E-state index is 8.98. The van der Waals surface area contributed by atoms with Crippen LogP contribution in [0.2, 0.25) is 0 Å². The smallest absolute Gasteiger partial charge is 0.0644 e. The summed E-state index contributed by atoms with van der Waals surface area (Å²) in [4.78, 5) is 2.35. The third-order valence-electron chi connectivity index (χ3n) is 3.59. The second-order valence-electron chi connectivity index (χ2n) is 4.77. The third kappa shape index (κ3) is 3.30. The summed E-state index contributed by atoms with van der Waals surface area (Å²) in [6.45, 7) is 10.2. The Hall–Kier alpha value is -0.870. The molecule has 1 unspecified atom stereocenters. The number of aliphatic hydroxyl groups excluding tert-OH is 1. The molecule has 1 heterocycles. The second kappa shape index (κ2) is 6.17. The highest BCUT2D eigenvalue weighted by atomic mass is 16.3. The van der Waals surface area contributed by atoms with Crippen molar-refractivity contribution in [2.45, 2.75) is 53.2 Å². The maximum atomic E-state index is 8.98. The summed E-state index contributed by atoms with van der Waals surface area (Å²) in [6, 6.07) is 0.579. The van der Waals surface area contributed by atoms with E-state index in [-0.39, 0.29) is 6.61 Å². The van der Waals surface area contributed by atoms with Crippen molar-refractivity contribution in [3.05, 3.63) is 17.0 Å². The molecule has 0 aliphatic rings. The Bertz CT molecular complexity index is 360. The fourth-order valence-corrected chi connectivity index (χ4v) is 1.99. The van der Waals surface area contributed by atoms with Gasteiger partial charge in [0, 0.05) is 23.8 Å². The van der Waals surface area contributed by atoms with E-state index in [1.54, 1.807) is 0 Å². The summed E-state index contributed by atoms with van der Waals surface area (Å²) in [6.07, 6.45) is 1.15. The zero-order valence-corrected chi connectivity index (χ0v) is 11.7. The molecule has 1 N–H and O–H groups in total. The average molecular weight is 239 g/mol. The normalized spacial score (nSPS) is 13.4. The summed E-state index contributed by atoms with van der Waals surface area (Å²) in [5.41, 5.74) is 3.54. The molecule has 17 heavy (non-hydrogen) atoms. The topological polar surface area (TPSA) is 41.3 Å². The van der Waals surface area contributed by atoms with E-state index in [0.717, 1.165) is 18.7 Å². The van der Waals surface area contributed by atoms with Crippen LogP contribution < -0.4 is 0 Å². The quantitative estimate of drug-likeness (QED) is 0.822. The van der Waals surface area contributed by atoms with Gasteiger partial charge >= 0.3 is 0 Å². The Morgan fingerprint density at radius 1 is 1.41 bits per heavy atom. The van der Waals surface area contributed by atoms with Gasteiger partial charge in [-0.3, -0.25) is 9.58 Å². The molecular weight excluding hydrogens is 214 g/mol. The van der Waals surface area contributed by atoms with Gasteiger partial charge in [0.05, 0.1) is 18.8 Å². The molecule has 0 aromatic carbocycles. The SMILES string of the molecule is CCC(C)N(C)Cc1c(C)nn(CCO)c1C. The zero-order valence-electron chi connectivity index (χ0n) is 11.7. The number of nitrogens with zero attached hydrogens (tertiary/aromatic N) is 3. The van der Waals surface area contributed by atoms with E-state index in [2.05, 4.69) is 37.8 Å². The molecule has 0 bridgehead atoms. The van der Waals surface area contributed by atoms with Gasteiger partial charge in [0.25, 0.3) is 0 Å². The molecule has 1 aromatic rings. The number of hydrogen-bond acceptors (Lipinski definition) is 3. The summed E-state index contributed by atoms with van der Waals surface area (Å²) < 4.78 is 1.90. The van der Waals surface area contributed by atoms with E-state index >= 15 is 0 Å². The lowest BCUT2D eigenvalue weighted by molar-refractivity contribution is 0.242. The average Bonchev–Trinajstić information content (AvgIpc) is 2.56. The van der Waals surface area contributed by atoms with Crippen molar-refractivity contribution < 1.29 is 5.11 Å². The van der Waals surface area contributed by atoms with Crippen molar-refractivity contribution in [2.24, 2.45) is 0 Å². The van der Waals surface area contributed by atoms with Gasteiger partial charge in [0.15, 0.2) is 0 Å². The van der Waals surface area contributed by atoms with Gasteiger partial charge in [-0.1, -0.05) is 6.92 Å². The minimum absolute atomic E-state index is 0.141. The first kappa shape index (κ1) is 14.2. The van der Waals surface area contributed by atoms with Gasteiger partial charge in [0.2, 0.25) is 0 Å². The molecule has 0 spiro atoms. The van der Waals surface area contributed by atoms with E-state index < -0.39 is 0 Å². The number of aryl methyl sites for hydroxylation is 1. The molecule has 1 aromatic heterocycles. The monoisotopic (exact) mass is 239 g/mol. The van der Waals surface area contributed by atoms with Crippen LogP contribution in [0.5, 0.6) is 0 Å². The molecule has 1 atom stereocenters. The standard InChI is InChI=1S/C13H25N3O/c1-6-10(2)15(5)9-13-11(3)14-16(7-8-17)12(13)4/h10,17H,6-9H2,1-5H3. The Kier molecular flexibility index (Phi) is 5.15. The highest BCUT2D eigenvalue weighted by Crippen LogP contribution is 2.16. The molecule has 0 saturated heterocycles. The van der Waals surface area contributed by atoms with E-state index in [1.165, 1.54) is 11.3 Å². The molecule has 0 aliphatic heterocycles. The van der Waals surface area contributed by atoms with Crippen LogP contribution >= 0.6 is 0 Å². The molecule has 0 fully saturated rings. The molecule has 98 valence electrons. The zero-order chi connectivity index (χ0) is 13.0. The van der Waals surface area contributed by atoms with Gasteiger partial charge in [-0.2, -0.15) is 5.10 Å². The lowest BCUT2D eigenvalue weighted by atomic mass is 10.1. The van der Waals surface area contributed by atoms with Crippen molar-refractivity contribution in [3.63, 3.8) is 0 Å². The van der Waals surface area contributed by atoms with Crippen molar-refractivity contribution >= 4 is 0 Å². The van der Waals surface area contributed by atoms with Crippen LogP contribution in [0.4, 0.5) is 0 Å². The Morgan fingerprint density at radius 3 is 2.59 bits per heavy atom. The Labute approximate surface area is 104 Å². The summed E-state index contributed by atoms with van der Waals surface area (Å²) >= 11 is 0. The highest BCUT2D eigenvalue weighted by molar-refractivity contribution is 5.24. The minimum Gasteiger partial charge on any atom is -0.394 e. The van der Waals surface area contributed by atoms with Crippen LogP contribution in [0.1, 0.15) is 37.2 Å². The predicted molar refractivity (Wildman–Crippen MR) is 70.0 cm³/mol. The molecule has 0 aliphatic carbocycles. The Balaban J connectivity index is 2.83. The van der Waals surface area contributed by atoms with Crippen LogP contribution in [0.3, 0.4) is 0 Å². The van der Waals surface area contributed by atoms with Gasteiger partial charge in [0.1, 0.15) is 0 Å². The van der Waals surface area contributed by atoms with Gasteiger partial charge in [-0.25, -0.2) is 0 Å². The van der Waals surface area contributed by atoms with Crippen LogP contribution in [0, 0.1) is 13.8 Å². The second-order valence-corrected chi connectivity index (χ2v) is 4.77. The van der Waals surface area contributed by atoms with Gasteiger partial charge in [-0.05, 0) is 34.2 Å². The molecule has 0 amide bonds. The molecule has 1 rings (SSSR count). The molecular formula is C13H25N3O. The first-order valence-corrected chi connectivity index (χ1v) is 6.35. The maximum Gasteiger partial charge on any atom is 0.0644 e. The van der Waals surface area contributed by atoms with Crippen molar-refractivity contribution in [2.75, 3.05) is 13.7 Å². The van der Waals surface area contributed by atoms with Crippen molar-refractivity contribution in [1.29, 1.82) is 0 Å². The van der Waals surface area contributed by atoms with Gasteiger partial charge < -0.3 is 5.11 Å². The fraction of sp³-hybridized carbons (Fsp3) is 0.769. The van der Waals surface area contributed by atoms with Crippen LogP contribution in [-0.4, -0.2) is 39.5 Å².